The Bertz CT molecular complexity index is 443. The third-order valence-electron chi connectivity index (χ3n) is 3.38. The van der Waals surface area contributed by atoms with Crippen LogP contribution in [-0.2, 0) is 0 Å². The fraction of sp³-hybridized carbons (Fsp3) is 0.500. The van der Waals surface area contributed by atoms with Gasteiger partial charge in [0.25, 0.3) is 5.91 Å². The molecule has 1 fully saturated rings. The van der Waals surface area contributed by atoms with E-state index in [-0.39, 0.29) is 19.1 Å². The third kappa shape index (κ3) is 3.47. The minimum Gasteiger partial charge on any atom is -0.394 e. The molecule has 1 saturated heterocycles. The lowest BCUT2D eigenvalue weighted by Gasteiger charge is -2.31. The first-order valence-corrected chi connectivity index (χ1v) is 6.83. The summed E-state index contributed by atoms with van der Waals surface area (Å²) in [5.41, 5.74) is 1.46. The Hall–Kier alpha value is -1.63. The number of carbonyl (C=O) groups excluding carboxylic acids is 1. The summed E-state index contributed by atoms with van der Waals surface area (Å²) in [6, 6.07) is 6.78. The number of aliphatic hydroxyl groups is 2. The molecule has 1 aromatic rings. The molecule has 0 aromatic heterocycles. The molecule has 1 aliphatic heterocycles. The summed E-state index contributed by atoms with van der Waals surface area (Å²) >= 11 is 0. The van der Waals surface area contributed by atoms with Crippen LogP contribution in [0.1, 0.15) is 10.4 Å². The molecule has 6 nitrogen and oxygen atoms in total. The zero-order valence-corrected chi connectivity index (χ0v) is 11.4. The number of rotatable bonds is 5. The monoisotopic (exact) mass is 279 g/mol. The van der Waals surface area contributed by atoms with E-state index in [0.29, 0.717) is 5.56 Å². The van der Waals surface area contributed by atoms with Gasteiger partial charge in [-0.2, -0.15) is 0 Å². The number of nitrogens with one attached hydrogen (secondary N) is 2. The average Bonchev–Trinajstić information content (AvgIpc) is 2.53. The number of hydrogen-bond acceptors (Lipinski definition) is 5. The quantitative estimate of drug-likeness (QED) is 0.566. The van der Waals surface area contributed by atoms with Gasteiger partial charge in [0, 0.05) is 31.9 Å². The van der Waals surface area contributed by atoms with Crippen molar-refractivity contribution >= 4 is 11.6 Å². The normalized spacial score (nSPS) is 15.4. The van der Waals surface area contributed by atoms with Crippen LogP contribution in [0.2, 0.25) is 0 Å². The lowest BCUT2D eigenvalue weighted by Crippen LogP contribution is -2.45. The van der Waals surface area contributed by atoms with E-state index < -0.39 is 6.04 Å². The van der Waals surface area contributed by atoms with Crippen molar-refractivity contribution in [2.45, 2.75) is 6.04 Å². The number of piperazine rings is 1. The van der Waals surface area contributed by atoms with Crippen LogP contribution in [0.5, 0.6) is 0 Å². The largest absolute Gasteiger partial charge is 0.394 e. The van der Waals surface area contributed by atoms with Crippen LogP contribution in [0.25, 0.3) is 0 Å². The highest BCUT2D eigenvalue weighted by atomic mass is 16.3. The van der Waals surface area contributed by atoms with Gasteiger partial charge in [0.05, 0.1) is 24.8 Å². The molecule has 0 atom stereocenters. The molecule has 1 heterocycles. The van der Waals surface area contributed by atoms with Crippen LogP contribution in [0.4, 0.5) is 5.69 Å². The number of para-hydroxylation sites is 1. The molecular formula is C14H21N3O3. The molecule has 4 N–H and O–H groups in total. The molecular weight excluding hydrogens is 258 g/mol. The third-order valence-corrected chi connectivity index (χ3v) is 3.38. The van der Waals surface area contributed by atoms with Gasteiger partial charge in [0.2, 0.25) is 0 Å². The van der Waals surface area contributed by atoms with Gasteiger partial charge in [-0.25, -0.2) is 0 Å². The lowest BCUT2D eigenvalue weighted by atomic mass is 10.1. The number of benzene rings is 1. The highest BCUT2D eigenvalue weighted by molar-refractivity contribution is 6.00. The zero-order chi connectivity index (χ0) is 14.4. The summed E-state index contributed by atoms with van der Waals surface area (Å²) in [5.74, 6) is -0.271. The number of aliphatic hydroxyl groups excluding tert-OH is 2. The summed E-state index contributed by atoms with van der Waals surface area (Å²) in [6.07, 6.45) is 0. The molecule has 110 valence electrons. The Morgan fingerprint density at radius 3 is 2.55 bits per heavy atom. The van der Waals surface area contributed by atoms with Gasteiger partial charge in [-0.1, -0.05) is 12.1 Å². The number of carbonyl (C=O) groups is 1. The number of anilines is 1. The van der Waals surface area contributed by atoms with E-state index in [9.17, 15) is 4.79 Å². The molecule has 2 rings (SSSR count). The SMILES string of the molecule is O=C(NC(CO)CO)c1ccccc1N1CCNCC1. The highest BCUT2D eigenvalue weighted by Crippen LogP contribution is 2.20. The summed E-state index contributed by atoms with van der Waals surface area (Å²) in [7, 11) is 0. The smallest absolute Gasteiger partial charge is 0.253 e. The minimum atomic E-state index is -0.626. The molecule has 0 saturated carbocycles. The van der Waals surface area contributed by atoms with Crippen molar-refractivity contribution in [1.82, 2.24) is 10.6 Å². The van der Waals surface area contributed by atoms with E-state index in [2.05, 4.69) is 15.5 Å². The second-order valence-electron chi connectivity index (χ2n) is 4.79. The molecule has 1 aromatic carbocycles. The number of nitrogens with zero attached hydrogens (tertiary/aromatic N) is 1. The van der Waals surface area contributed by atoms with Gasteiger partial charge in [0.1, 0.15) is 0 Å². The topological polar surface area (TPSA) is 84.8 Å². The van der Waals surface area contributed by atoms with Crippen LogP contribution < -0.4 is 15.5 Å². The fourth-order valence-corrected chi connectivity index (χ4v) is 2.26. The number of hydrogen-bond donors (Lipinski definition) is 4. The Kier molecular flexibility index (Phi) is 5.34. The predicted octanol–water partition coefficient (Wildman–Crippen LogP) is -0.821. The lowest BCUT2D eigenvalue weighted by molar-refractivity contribution is 0.0880. The zero-order valence-electron chi connectivity index (χ0n) is 11.4. The molecule has 0 bridgehead atoms. The van der Waals surface area contributed by atoms with E-state index in [0.717, 1.165) is 31.9 Å². The highest BCUT2D eigenvalue weighted by Gasteiger charge is 2.19. The van der Waals surface area contributed by atoms with Gasteiger partial charge in [0.15, 0.2) is 0 Å². The molecule has 0 spiro atoms. The Morgan fingerprint density at radius 2 is 1.90 bits per heavy atom. The van der Waals surface area contributed by atoms with Gasteiger partial charge >= 0.3 is 0 Å². The van der Waals surface area contributed by atoms with Gasteiger partial charge in [-0.05, 0) is 12.1 Å². The van der Waals surface area contributed by atoms with Crippen molar-refractivity contribution in [3.05, 3.63) is 29.8 Å². The molecule has 20 heavy (non-hydrogen) atoms. The van der Waals surface area contributed by atoms with Crippen molar-refractivity contribution in [3.63, 3.8) is 0 Å². The van der Waals surface area contributed by atoms with Crippen molar-refractivity contribution in [2.75, 3.05) is 44.3 Å². The van der Waals surface area contributed by atoms with E-state index in [1.54, 1.807) is 6.07 Å². The van der Waals surface area contributed by atoms with E-state index in [4.69, 9.17) is 10.2 Å². The summed E-state index contributed by atoms with van der Waals surface area (Å²) in [6.45, 7) is 2.94. The van der Waals surface area contributed by atoms with Crippen molar-refractivity contribution in [1.29, 1.82) is 0 Å². The molecule has 0 radical (unpaired) electrons. The average molecular weight is 279 g/mol. The van der Waals surface area contributed by atoms with Crippen molar-refractivity contribution in [2.24, 2.45) is 0 Å². The first-order valence-electron chi connectivity index (χ1n) is 6.83. The molecule has 0 unspecified atom stereocenters. The summed E-state index contributed by atoms with van der Waals surface area (Å²) in [4.78, 5) is 14.4. The van der Waals surface area contributed by atoms with E-state index >= 15 is 0 Å². The molecule has 0 aliphatic carbocycles. The molecule has 6 heteroatoms. The minimum absolute atomic E-state index is 0.271. The van der Waals surface area contributed by atoms with Gasteiger partial charge < -0.3 is 25.7 Å². The fourth-order valence-electron chi connectivity index (χ4n) is 2.26. The maximum atomic E-state index is 12.3. The number of amides is 1. The molecule has 1 amide bonds. The van der Waals surface area contributed by atoms with Crippen LogP contribution >= 0.6 is 0 Å². The Balaban J connectivity index is 2.16. The van der Waals surface area contributed by atoms with E-state index in [1.165, 1.54) is 0 Å². The summed E-state index contributed by atoms with van der Waals surface area (Å²) in [5, 5.41) is 24.0. The van der Waals surface area contributed by atoms with Crippen LogP contribution in [0, 0.1) is 0 Å². The van der Waals surface area contributed by atoms with Crippen molar-refractivity contribution < 1.29 is 15.0 Å². The second-order valence-corrected chi connectivity index (χ2v) is 4.79. The molecule has 1 aliphatic rings. The second kappa shape index (κ2) is 7.23. The maximum absolute atomic E-state index is 12.3. The maximum Gasteiger partial charge on any atom is 0.253 e. The first kappa shape index (κ1) is 14.8. The Labute approximate surface area is 118 Å². The summed E-state index contributed by atoms with van der Waals surface area (Å²) < 4.78 is 0. The predicted molar refractivity (Wildman–Crippen MR) is 77.0 cm³/mol. The van der Waals surface area contributed by atoms with E-state index in [1.807, 2.05) is 18.2 Å². The van der Waals surface area contributed by atoms with Crippen molar-refractivity contribution in [3.8, 4) is 0 Å². The van der Waals surface area contributed by atoms with Crippen LogP contribution in [0.15, 0.2) is 24.3 Å². The first-order chi connectivity index (χ1) is 9.76. The van der Waals surface area contributed by atoms with Gasteiger partial charge in [-0.3, -0.25) is 4.79 Å². The van der Waals surface area contributed by atoms with Gasteiger partial charge in [-0.15, -0.1) is 0 Å². The Morgan fingerprint density at radius 1 is 1.25 bits per heavy atom. The van der Waals surface area contributed by atoms with Crippen LogP contribution in [-0.4, -0.2) is 61.6 Å². The van der Waals surface area contributed by atoms with Crippen LogP contribution in [0.3, 0.4) is 0 Å². The standard InChI is InChI=1S/C14H21N3O3/c18-9-11(10-19)16-14(20)12-3-1-2-4-13(12)17-7-5-15-6-8-17/h1-4,11,15,18-19H,5-10H2,(H,16,20).